The summed E-state index contributed by atoms with van der Waals surface area (Å²) in [6.45, 7) is 5.65. The van der Waals surface area contributed by atoms with Crippen molar-refractivity contribution in [1.29, 1.82) is 0 Å². The summed E-state index contributed by atoms with van der Waals surface area (Å²) in [4.78, 5) is 20.4. The molecule has 1 aliphatic rings. The third kappa shape index (κ3) is 5.30. The number of carbonyl (C=O) groups excluding carboxylic acids is 1. The first-order valence-electron chi connectivity index (χ1n) is 9.10. The predicted octanol–water partition coefficient (Wildman–Crippen LogP) is 2.35. The van der Waals surface area contributed by atoms with Crippen LogP contribution in [0.2, 0.25) is 0 Å². The Morgan fingerprint density at radius 3 is 2.67 bits per heavy atom. The summed E-state index contributed by atoms with van der Waals surface area (Å²) >= 11 is 0. The third-order valence-corrected chi connectivity index (χ3v) is 4.95. The number of carbonyl (C=O) groups is 1. The number of pyridine rings is 1. The standard InChI is InChI=1S/C20H24F2N4O/c1-15(18-5-4-17(21)11-19(18)22)26-9-7-25(8-10-26)14-20(27)24-13-16-3-2-6-23-12-16/h2-6,11-12,15H,7-10,13-14H2,1H3,(H,24,27). The number of aromatic nitrogens is 1. The van der Waals surface area contributed by atoms with Crippen molar-refractivity contribution in [2.45, 2.75) is 19.5 Å². The molecule has 7 heteroatoms. The molecule has 0 aliphatic carbocycles. The van der Waals surface area contributed by atoms with E-state index in [-0.39, 0.29) is 11.9 Å². The SMILES string of the molecule is CC(c1ccc(F)cc1F)N1CCN(CC(=O)NCc2cccnc2)CC1. The van der Waals surface area contributed by atoms with Crippen molar-refractivity contribution in [3.05, 3.63) is 65.5 Å². The van der Waals surface area contributed by atoms with E-state index >= 15 is 0 Å². The molecule has 5 nitrogen and oxygen atoms in total. The van der Waals surface area contributed by atoms with Crippen LogP contribution in [0.1, 0.15) is 24.1 Å². The number of nitrogens with zero attached hydrogens (tertiary/aromatic N) is 3. The highest BCUT2D eigenvalue weighted by Gasteiger charge is 2.24. The van der Waals surface area contributed by atoms with Crippen molar-refractivity contribution >= 4 is 5.91 Å². The molecule has 1 amide bonds. The van der Waals surface area contributed by atoms with E-state index < -0.39 is 11.6 Å². The Labute approximate surface area is 158 Å². The van der Waals surface area contributed by atoms with Crippen molar-refractivity contribution in [1.82, 2.24) is 20.1 Å². The molecule has 0 spiro atoms. The lowest BCUT2D eigenvalue weighted by Gasteiger charge is -2.38. The zero-order chi connectivity index (χ0) is 19.2. The van der Waals surface area contributed by atoms with Gasteiger partial charge in [0.25, 0.3) is 0 Å². The zero-order valence-electron chi connectivity index (χ0n) is 15.4. The molecule has 1 saturated heterocycles. The minimum absolute atomic E-state index is 0.0232. The molecule has 0 radical (unpaired) electrons. The summed E-state index contributed by atoms with van der Waals surface area (Å²) in [7, 11) is 0. The fourth-order valence-corrected chi connectivity index (χ4v) is 3.31. The Morgan fingerprint density at radius 1 is 1.22 bits per heavy atom. The second kappa shape index (κ2) is 9.01. The molecule has 1 unspecified atom stereocenters. The maximum atomic E-state index is 14.0. The van der Waals surface area contributed by atoms with Crippen LogP contribution < -0.4 is 5.32 Å². The first-order valence-corrected chi connectivity index (χ1v) is 9.10. The second-order valence-corrected chi connectivity index (χ2v) is 6.79. The van der Waals surface area contributed by atoms with E-state index in [1.54, 1.807) is 12.4 Å². The molecule has 27 heavy (non-hydrogen) atoms. The molecule has 2 aromatic rings. The van der Waals surface area contributed by atoms with Crippen LogP contribution in [-0.2, 0) is 11.3 Å². The minimum Gasteiger partial charge on any atom is -0.351 e. The summed E-state index contributed by atoms with van der Waals surface area (Å²) in [6.07, 6.45) is 3.43. The van der Waals surface area contributed by atoms with Gasteiger partial charge in [0.05, 0.1) is 6.54 Å². The zero-order valence-corrected chi connectivity index (χ0v) is 15.4. The predicted molar refractivity (Wildman–Crippen MR) is 98.9 cm³/mol. The van der Waals surface area contributed by atoms with Crippen molar-refractivity contribution in [2.75, 3.05) is 32.7 Å². The lowest BCUT2D eigenvalue weighted by Crippen LogP contribution is -2.50. The van der Waals surface area contributed by atoms with Crippen LogP contribution in [0, 0.1) is 11.6 Å². The lowest BCUT2D eigenvalue weighted by atomic mass is 10.1. The summed E-state index contributed by atoms with van der Waals surface area (Å²) in [5.74, 6) is -1.10. The van der Waals surface area contributed by atoms with Gasteiger partial charge in [0.15, 0.2) is 0 Å². The van der Waals surface area contributed by atoms with Crippen molar-refractivity contribution in [2.24, 2.45) is 0 Å². The van der Waals surface area contributed by atoms with Crippen molar-refractivity contribution < 1.29 is 13.6 Å². The first kappa shape index (κ1) is 19.4. The fraction of sp³-hybridized carbons (Fsp3) is 0.400. The normalized spacial score (nSPS) is 16.9. The topological polar surface area (TPSA) is 48.5 Å². The molecule has 1 atom stereocenters. The van der Waals surface area contributed by atoms with E-state index in [2.05, 4.69) is 20.1 Å². The van der Waals surface area contributed by atoms with Crippen LogP contribution in [0.25, 0.3) is 0 Å². The van der Waals surface area contributed by atoms with E-state index in [0.717, 1.165) is 37.8 Å². The second-order valence-electron chi connectivity index (χ2n) is 6.79. The van der Waals surface area contributed by atoms with Crippen LogP contribution >= 0.6 is 0 Å². The number of halogens is 2. The van der Waals surface area contributed by atoms with Gasteiger partial charge in [-0.2, -0.15) is 0 Å². The van der Waals surface area contributed by atoms with Gasteiger partial charge >= 0.3 is 0 Å². The molecule has 1 aromatic heterocycles. The summed E-state index contributed by atoms with van der Waals surface area (Å²) in [6, 6.07) is 7.35. The van der Waals surface area contributed by atoms with Gasteiger partial charge in [-0.25, -0.2) is 8.78 Å². The molecule has 1 fully saturated rings. The van der Waals surface area contributed by atoms with Crippen molar-refractivity contribution in [3.63, 3.8) is 0 Å². The van der Waals surface area contributed by atoms with Crippen LogP contribution in [0.3, 0.4) is 0 Å². The smallest absolute Gasteiger partial charge is 0.234 e. The van der Waals surface area contributed by atoms with Crippen LogP contribution in [-0.4, -0.2) is 53.4 Å². The van der Waals surface area contributed by atoms with Gasteiger partial charge in [-0.15, -0.1) is 0 Å². The van der Waals surface area contributed by atoms with Gasteiger partial charge in [-0.3, -0.25) is 19.6 Å². The molecular weight excluding hydrogens is 350 g/mol. The van der Waals surface area contributed by atoms with Gasteiger partial charge in [-0.05, 0) is 24.6 Å². The molecule has 144 valence electrons. The maximum absolute atomic E-state index is 14.0. The minimum atomic E-state index is -0.564. The Hall–Kier alpha value is -2.38. The number of hydrogen-bond acceptors (Lipinski definition) is 4. The number of hydrogen-bond donors (Lipinski definition) is 1. The average Bonchev–Trinajstić information content (AvgIpc) is 2.67. The van der Waals surface area contributed by atoms with E-state index in [1.165, 1.54) is 12.1 Å². The molecule has 0 saturated carbocycles. The molecule has 2 heterocycles. The summed E-state index contributed by atoms with van der Waals surface area (Å²) in [5, 5.41) is 2.90. The molecule has 0 bridgehead atoms. The number of piperazine rings is 1. The lowest BCUT2D eigenvalue weighted by molar-refractivity contribution is -0.122. The Balaban J connectivity index is 1.45. The number of nitrogens with one attached hydrogen (secondary N) is 1. The Morgan fingerprint density at radius 2 is 2.00 bits per heavy atom. The van der Waals surface area contributed by atoms with Crippen molar-refractivity contribution in [3.8, 4) is 0 Å². The summed E-state index contributed by atoms with van der Waals surface area (Å²) < 4.78 is 27.1. The van der Waals surface area contributed by atoms with Gasteiger partial charge in [-0.1, -0.05) is 12.1 Å². The Bertz CT molecular complexity index is 764. The molecule has 3 rings (SSSR count). The largest absolute Gasteiger partial charge is 0.351 e. The van der Waals surface area contributed by atoms with Crippen LogP contribution in [0.15, 0.2) is 42.7 Å². The van der Waals surface area contributed by atoms with Crippen LogP contribution in [0.4, 0.5) is 8.78 Å². The highest BCUT2D eigenvalue weighted by molar-refractivity contribution is 5.78. The average molecular weight is 374 g/mol. The van der Waals surface area contributed by atoms with Gasteiger partial charge in [0.2, 0.25) is 5.91 Å². The third-order valence-electron chi connectivity index (χ3n) is 4.95. The summed E-state index contributed by atoms with van der Waals surface area (Å²) in [5.41, 5.74) is 1.46. The van der Waals surface area contributed by atoms with E-state index in [0.29, 0.717) is 18.7 Å². The highest BCUT2D eigenvalue weighted by Crippen LogP contribution is 2.24. The maximum Gasteiger partial charge on any atom is 0.234 e. The quantitative estimate of drug-likeness (QED) is 0.843. The van der Waals surface area contributed by atoms with Gasteiger partial charge in [0.1, 0.15) is 11.6 Å². The number of amides is 1. The molecular formula is C20H24F2N4O. The molecule has 1 aromatic carbocycles. The fourth-order valence-electron chi connectivity index (χ4n) is 3.31. The number of rotatable bonds is 6. The number of benzene rings is 1. The van der Waals surface area contributed by atoms with E-state index in [1.807, 2.05) is 19.1 Å². The van der Waals surface area contributed by atoms with E-state index in [9.17, 15) is 13.6 Å². The highest BCUT2D eigenvalue weighted by atomic mass is 19.1. The molecule has 1 N–H and O–H groups in total. The Kier molecular flexibility index (Phi) is 6.47. The van der Waals surface area contributed by atoms with Gasteiger partial charge < -0.3 is 5.32 Å². The monoisotopic (exact) mass is 374 g/mol. The van der Waals surface area contributed by atoms with E-state index in [4.69, 9.17) is 0 Å². The molecule has 1 aliphatic heterocycles. The van der Waals surface area contributed by atoms with Crippen LogP contribution in [0.5, 0.6) is 0 Å². The van der Waals surface area contributed by atoms with Gasteiger partial charge in [0, 0.05) is 62.8 Å². The first-order chi connectivity index (χ1) is 13.0.